The highest BCUT2D eigenvalue weighted by atomic mass is 19.3. The zero-order chi connectivity index (χ0) is 22.8. The van der Waals surface area contributed by atoms with Crippen molar-refractivity contribution < 1.29 is 13.2 Å². The Bertz CT molecular complexity index is 1320. The third kappa shape index (κ3) is 4.13. The first-order valence-electron chi connectivity index (χ1n) is 9.39. The number of anilines is 1. The van der Waals surface area contributed by atoms with Crippen molar-refractivity contribution in [1.29, 1.82) is 5.26 Å². The van der Waals surface area contributed by atoms with E-state index in [4.69, 9.17) is 5.73 Å². The lowest BCUT2D eigenvalue weighted by Gasteiger charge is -2.09. The van der Waals surface area contributed by atoms with Crippen molar-refractivity contribution in [3.05, 3.63) is 59.3 Å². The van der Waals surface area contributed by atoms with E-state index in [2.05, 4.69) is 31.4 Å². The molecule has 0 aliphatic carbocycles. The molecule has 0 aliphatic rings. The SMILES string of the molecule is Cc1c(C#N)cccc1-c1nc(N)c(F)c(-c2cn(Cc3ccn(CC(F)F)n3)nn2)n1. The fourth-order valence-electron chi connectivity index (χ4n) is 3.13. The highest BCUT2D eigenvalue weighted by Crippen LogP contribution is 2.28. The fraction of sp³-hybridized carbons (Fsp3) is 0.200. The lowest BCUT2D eigenvalue weighted by atomic mass is 10.0. The summed E-state index contributed by atoms with van der Waals surface area (Å²) in [7, 11) is 0. The van der Waals surface area contributed by atoms with Gasteiger partial charge in [0.25, 0.3) is 6.43 Å². The molecule has 0 aliphatic heterocycles. The normalized spacial score (nSPS) is 11.1. The summed E-state index contributed by atoms with van der Waals surface area (Å²) in [5, 5.41) is 21.2. The summed E-state index contributed by atoms with van der Waals surface area (Å²) in [4.78, 5) is 8.29. The van der Waals surface area contributed by atoms with Crippen LogP contribution in [0.2, 0.25) is 0 Å². The largest absolute Gasteiger partial charge is 0.381 e. The maximum absolute atomic E-state index is 14.7. The molecule has 32 heavy (non-hydrogen) atoms. The lowest BCUT2D eigenvalue weighted by molar-refractivity contribution is 0.121. The van der Waals surface area contributed by atoms with Crippen molar-refractivity contribution in [2.75, 3.05) is 5.73 Å². The molecule has 0 radical (unpaired) electrons. The molecule has 0 saturated heterocycles. The van der Waals surface area contributed by atoms with Gasteiger partial charge in [-0.15, -0.1) is 5.10 Å². The van der Waals surface area contributed by atoms with Crippen LogP contribution < -0.4 is 5.73 Å². The zero-order valence-corrected chi connectivity index (χ0v) is 16.7. The van der Waals surface area contributed by atoms with E-state index in [1.165, 1.54) is 17.1 Å². The Labute approximate surface area is 179 Å². The van der Waals surface area contributed by atoms with E-state index in [1.54, 1.807) is 31.2 Å². The summed E-state index contributed by atoms with van der Waals surface area (Å²) in [5.41, 5.74) is 7.82. The summed E-state index contributed by atoms with van der Waals surface area (Å²) in [6.45, 7) is 1.37. The number of hydrogen-bond donors (Lipinski definition) is 1. The number of rotatable bonds is 6. The molecule has 9 nitrogen and oxygen atoms in total. The Morgan fingerprint density at radius 1 is 1.19 bits per heavy atom. The van der Waals surface area contributed by atoms with Crippen LogP contribution in [0.25, 0.3) is 22.8 Å². The smallest absolute Gasteiger partial charge is 0.257 e. The maximum atomic E-state index is 14.7. The summed E-state index contributed by atoms with van der Waals surface area (Å²) in [6.07, 6.45) is 0.367. The van der Waals surface area contributed by atoms with Crippen LogP contribution in [0, 0.1) is 24.1 Å². The molecule has 12 heteroatoms. The molecule has 4 aromatic rings. The van der Waals surface area contributed by atoms with Gasteiger partial charge in [-0.05, 0) is 24.6 Å². The monoisotopic (exact) mass is 439 g/mol. The van der Waals surface area contributed by atoms with Gasteiger partial charge < -0.3 is 5.73 Å². The number of nitrogens with two attached hydrogens (primary N) is 1. The van der Waals surface area contributed by atoms with E-state index in [9.17, 15) is 18.4 Å². The highest BCUT2D eigenvalue weighted by molar-refractivity contribution is 5.69. The third-order valence-electron chi connectivity index (χ3n) is 4.70. The molecule has 1 aromatic carbocycles. The van der Waals surface area contributed by atoms with E-state index in [0.29, 0.717) is 22.4 Å². The van der Waals surface area contributed by atoms with Crippen molar-refractivity contribution in [2.24, 2.45) is 0 Å². The van der Waals surface area contributed by atoms with Crippen molar-refractivity contribution in [3.8, 4) is 28.8 Å². The standard InChI is InChI=1S/C20H16F3N9/c1-11-12(7-24)3-2-4-14(11)20-26-18(17(23)19(25)27-20)15-9-32(30-28-15)8-13-5-6-31(29-13)10-16(21)22/h2-6,9,16H,8,10H2,1H3,(H2,25,26,27). The number of benzene rings is 1. The number of nitriles is 1. The summed E-state index contributed by atoms with van der Waals surface area (Å²) in [6, 6.07) is 8.69. The van der Waals surface area contributed by atoms with Gasteiger partial charge in [0.1, 0.15) is 17.9 Å². The first-order valence-corrected chi connectivity index (χ1v) is 9.39. The second kappa shape index (κ2) is 8.46. The first-order chi connectivity index (χ1) is 15.4. The van der Waals surface area contributed by atoms with E-state index < -0.39 is 18.8 Å². The Kier molecular flexibility index (Phi) is 5.55. The molecular formula is C20H16F3N9. The predicted octanol–water partition coefficient (Wildman–Crippen LogP) is 2.81. The highest BCUT2D eigenvalue weighted by Gasteiger charge is 2.19. The Hall–Kier alpha value is -4.27. The van der Waals surface area contributed by atoms with E-state index in [1.807, 2.05) is 0 Å². The van der Waals surface area contributed by atoms with E-state index >= 15 is 0 Å². The summed E-state index contributed by atoms with van der Waals surface area (Å²) >= 11 is 0. The molecule has 0 spiro atoms. The minimum Gasteiger partial charge on any atom is -0.381 e. The van der Waals surface area contributed by atoms with Crippen molar-refractivity contribution in [2.45, 2.75) is 26.4 Å². The van der Waals surface area contributed by atoms with Crippen LogP contribution in [-0.4, -0.2) is 41.2 Å². The lowest BCUT2D eigenvalue weighted by Crippen LogP contribution is -2.08. The van der Waals surface area contributed by atoms with Gasteiger partial charge in [0, 0.05) is 11.8 Å². The van der Waals surface area contributed by atoms with Crippen LogP contribution in [0.5, 0.6) is 0 Å². The van der Waals surface area contributed by atoms with Crippen molar-refractivity contribution >= 4 is 5.82 Å². The number of alkyl halides is 2. The average molecular weight is 439 g/mol. The minimum absolute atomic E-state index is 0.110. The Balaban J connectivity index is 1.66. The Morgan fingerprint density at radius 2 is 2.00 bits per heavy atom. The number of halogens is 3. The van der Waals surface area contributed by atoms with Gasteiger partial charge in [0.15, 0.2) is 17.5 Å². The molecule has 0 amide bonds. The van der Waals surface area contributed by atoms with Crippen LogP contribution in [0.3, 0.4) is 0 Å². The minimum atomic E-state index is -2.52. The molecule has 0 bridgehead atoms. The summed E-state index contributed by atoms with van der Waals surface area (Å²) < 4.78 is 42.2. The number of nitrogens with zero attached hydrogens (tertiary/aromatic N) is 8. The second-order valence-corrected chi connectivity index (χ2v) is 6.91. The zero-order valence-electron chi connectivity index (χ0n) is 16.7. The average Bonchev–Trinajstić information content (AvgIpc) is 3.39. The van der Waals surface area contributed by atoms with Crippen LogP contribution >= 0.6 is 0 Å². The molecule has 0 fully saturated rings. The molecule has 162 valence electrons. The maximum Gasteiger partial charge on any atom is 0.257 e. The van der Waals surface area contributed by atoms with Gasteiger partial charge in [0.05, 0.1) is 30.1 Å². The van der Waals surface area contributed by atoms with Crippen molar-refractivity contribution in [1.82, 2.24) is 34.7 Å². The first kappa shape index (κ1) is 21.0. The fourth-order valence-corrected chi connectivity index (χ4v) is 3.13. The summed E-state index contributed by atoms with van der Waals surface area (Å²) in [5.74, 6) is -1.07. The van der Waals surface area contributed by atoms with Crippen molar-refractivity contribution in [3.63, 3.8) is 0 Å². The quantitative estimate of drug-likeness (QED) is 0.490. The van der Waals surface area contributed by atoms with Gasteiger partial charge in [0.2, 0.25) is 0 Å². The molecule has 2 N–H and O–H groups in total. The number of hydrogen-bond acceptors (Lipinski definition) is 7. The number of aromatic nitrogens is 7. The molecule has 3 aromatic heterocycles. The van der Waals surface area contributed by atoms with E-state index in [-0.39, 0.29) is 29.6 Å². The predicted molar refractivity (Wildman–Crippen MR) is 108 cm³/mol. The van der Waals surface area contributed by atoms with Crippen LogP contribution in [0.4, 0.5) is 19.0 Å². The van der Waals surface area contributed by atoms with Gasteiger partial charge in [-0.2, -0.15) is 10.4 Å². The Morgan fingerprint density at radius 3 is 2.75 bits per heavy atom. The van der Waals surface area contributed by atoms with Crippen LogP contribution in [0.15, 0.2) is 36.7 Å². The molecule has 4 rings (SSSR count). The molecular weight excluding hydrogens is 423 g/mol. The van der Waals surface area contributed by atoms with Gasteiger partial charge in [-0.25, -0.2) is 27.8 Å². The molecule has 0 unspecified atom stereocenters. The second-order valence-electron chi connectivity index (χ2n) is 6.91. The van der Waals surface area contributed by atoms with Gasteiger partial charge in [-0.1, -0.05) is 17.3 Å². The molecule has 0 atom stereocenters. The van der Waals surface area contributed by atoms with Gasteiger partial charge in [-0.3, -0.25) is 4.68 Å². The van der Waals surface area contributed by atoms with Gasteiger partial charge >= 0.3 is 0 Å². The number of nitrogen functional groups attached to an aromatic ring is 1. The topological polar surface area (TPSA) is 124 Å². The van der Waals surface area contributed by atoms with Crippen LogP contribution in [-0.2, 0) is 13.1 Å². The molecule has 0 saturated carbocycles. The third-order valence-corrected chi connectivity index (χ3v) is 4.70. The molecule has 3 heterocycles. The van der Waals surface area contributed by atoms with Crippen LogP contribution in [0.1, 0.15) is 16.8 Å². The van der Waals surface area contributed by atoms with E-state index in [0.717, 1.165) is 4.68 Å².